The molecule has 3 aromatic rings. The summed E-state index contributed by atoms with van der Waals surface area (Å²) in [6, 6.07) is 16.9. The number of nitrogens with zero attached hydrogens (tertiary/aromatic N) is 4. The molecule has 2 heterocycles. The lowest BCUT2D eigenvalue weighted by Gasteiger charge is -2.38. The monoisotopic (exact) mass is 449 g/mol. The van der Waals surface area contributed by atoms with Crippen LogP contribution in [0.15, 0.2) is 65.7 Å². The Bertz CT molecular complexity index is 1280. The highest BCUT2D eigenvalue weighted by molar-refractivity contribution is 7.89. The predicted octanol–water partition coefficient (Wildman–Crippen LogP) is 2.44. The molecule has 32 heavy (non-hydrogen) atoms. The number of carbonyl (C=O) groups is 1. The molecule has 1 aliphatic heterocycles. The third kappa shape index (κ3) is 4.48. The van der Waals surface area contributed by atoms with Gasteiger partial charge in [-0.1, -0.05) is 6.07 Å². The Morgan fingerprint density at radius 3 is 2.66 bits per heavy atom. The van der Waals surface area contributed by atoms with E-state index in [1.54, 1.807) is 6.20 Å². The van der Waals surface area contributed by atoms with E-state index < -0.39 is 10.0 Å². The second-order valence-electron chi connectivity index (χ2n) is 7.76. The van der Waals surface area contributed by atoms with Gasteiger partial charge < -0.3 is 5.32 Å². The van der Waals surface area contributed by atoms with Gasteiger partial charge in [-0.05, 0) is 55.5 Å². The minimum Gasteiger partial charge on any atom is -0.324 e. The summed E-state index contributed by atoms with van der Waals surface area (Å²) in [4.78, 5) is 19.1. The summed E-state index contributed by atoms with van der Waals surface area (Å²) in [5.74, 6) is -0.156. The van der Waals surface area contributed by atoms with Crippen molar-refractivity contribution in [2.45, 2.75) is 17.9 Å². The average molecular weight is 450 g/mol. The Kier molecular flexibility index (Phi) is 6.19. The fourth-order valence-electron chi connectivity index (χ4n) is 3.96. The molecule has 1 fully saturated rings. The Balaban J connectivity index is 1.40. The van der Waals surface area contributed by atoms with Crippen molar-refractivity contribution in [3.63, 3.8) is 0 Å². The zero-order valence-electron chi connectivity index (χ0n) is 17.6. The highest BCUT2D eigenvalue weighted by Gasteiger charge is 2.34. The standard InChI is InChI=1S/C23H23N5O3S/c1-17-15-27(12-13-28(17)32(30,31)19-9-7-18(14-24)8-10-19)16-23(29)26-22-6-2-5-21-20(22)4-3-11-25-21/h2-11,17H,12-13,15-16H2,1H3,(H,26,29). The lowest BCUT2D eigenvalue weighted by Crippen LogP contribution is -2.55. The van der Waals surface area contributed by atoms with Gasteiger partial charge in [-0.15, -0.1) is 0 Å². The summed E-state index contributed by atoms with van der Waals surface area (Å²) in [6.45, 7) is 3.19. The van der Waals surface area contributed by atoms with Crippen LogP contribution in [-0.2, 0) is 14.8 Å². The van der Waals surface area contributed by atoms with Gasteiger partial charge in [0.15, 0.2) is 0 Å². The zero-order chi connectivity index (χ0) is 22.7. The molecule has 1 aromatic heterocycles. The SMILES string of the molecule is CC1CN(CC(=O)Nc2cccc3ncccc23)CCN1S(=O)(=O)c1ccc(C#N)cc1. The van der Waals surface area contributed by atoms with E-state index in [1.807, 2.05) is 48.2 Å². The van der Waals surface area contributed by atoms with Gasteiger partial charge in [0.1, 0.15) is 0 Å². The second-order valence-corrected chi connectivity index (χ2v) is 9.65. The molecule has 0 aliphatic carbocycles. The third-order valence-electron chi connectivity index (χ3n) is 5.53. The smallest absolute Gasteiger partial charge is 0.243 e. The molecule has 1 unspecified atom stereocenters. The Labute approximate surface area is 187 Å². The molecule has 9 heteroatoms. The quantitative estimate of drug-likeness (QED) is 0.641. The second kappa shape index (κ2) is 9.04. The van der Waals surface area contributed by atoms with Crippen molar-refractivity contribution < 1.29 is 13.2 Å². The van der Waals surface area contributed by atoms with Crippen molar-refractivity contribution in [3.8, 4) is 6.07 Å². The topological polar surface area (TPSA) is 106 Å². The molecule has 4 rings (SSSR count). The van der Waals surface area contributed by atoms with Crippen molar-refractivity contribution >= 4 is 32.5 Å². The highest BCUT2D eigenvalue weighted by atomic mass is 32.2. The number of nitrogens with one attached hydrogen (secondary N) is 1. The minimum absolute atomic E-state index is 0.156. The summed E-state index contributed by atoms with van der Waals surface area (Å²) in [5.41, 5.74) is 1.92. The molecular formula is C23H23N5O3S. The molecule has 0 bridgehead atoms. The third-order valence-corrected chi connectivity index (χ3v) is 7.56. The maximum Gasteiger partial charge on any atom is 0.243 e. The van der Waals surface area contributed by atoms with Gasteiger partial charge in [-0.3, -0.25) is 14.7 Å². The molecule has 1 amide bonds. The lowest BCUT2D eigenvalue weighted by molar-refractivity contribution is -0.117. The molecule has 0 spiro atoms. The van der Waals surface area contributed by atoms with Crippen LogP contribution in [0, 0.1) is 11.3 Å². The number of nitriles is 1. The van der Waals surface area contributed by atoms with Gasteiger partial charge in [-0.2, -0.15) is 9.57 Å². The van der Waals surface area contributed by atoms with Crippen LogP contribution in [0.5, 0.6) is 0 Å². The van der Waals surface area contributed by atoms with Crippen LogP contribution in [0.25, 0.3) is 10.9 Å². The number of hydrogen-bond acceptors (Lipinski definition) is 6. The number of aromatic nitrogens is 1. The largest absolute Gasteiger partial charge is 0.324 e. The summed E-state index contributed by atoms with van der Waals surface area (Å²) in [7, 11) is -3.67. The van der Waals surface area contributed by atoms with Gasteiger partial charge in [0.05, 0.1) is 34.3 Å². The maximum absolute atomic E-state index is 13.0. The van der Waals surface area contributed by atoms with Gasteiger partial charge in [0, 0.05) is 37.3 Å². The molecule has 0 saturated carbocycles. The van der Waals surface area contributed by atoms with E-state index in [0.717, 1.165) is 10.9 Å². The van der Waals surface area contributed by atoms with Crippen molar-refractivity contribution in [1.82, 2.24) is 14.2 Å². The van der Waals surface area contributed by atoms with E-state index in [4.69, 9.17) is 5.26 Å². The average Bonchev–Trinajstić information content (AvgIpc) is 2.79. The fourth-order valence-corrected chi connectivity index (χ4v) is 5.57. The van der Waals surface area contributed by atoms with Gasteiger partial charge in [-0.25, -0.2) is 8.42 Å². The van der Waals surface area contributed by atoms with E-state index in [1.165, 1.54) is 28.6 Å². The Morgan fingerprint density at radius 2 is 1.94 bits per heavy atom. The van der Waals surface area contributed by atoms with Crippen LogP contribution in [0.3, 0.4) is 0 Å². The van der Waals surface area contributed by atoms with E-state index in [0.29, 0.717) is 24.3 Å². The number of benzene rings is 2. The fraction of sp³-hybridized carbons (Fsp3) is 0.261. The van der Waals surface area contributed by atoms with Crippen LogP contribution >= 0.6 is 0 Å². The molecule has 0 radical (unpaired) electrons. The Hall–Kier alpha value is -3.32. The first-order valence-corrected chi connectivity index (χ1v) is 11.7. The van der Waals surface area contributed by atoms with Crippen LogP contribution in [0.2, 0.25) is 0 Å². The number of sulfonamides is 1. The summed E-state index contributed by atoms with van der Waals surface area (Å²) < 4.78 is 27.5. The lowest BCUT2D eigenvalue weighted by atomic mass is 10.2. The molecule has 1 atom stereocenters. The number of fused-ring (bicyclic) bond motifs is 1. The zero-order valence-corrected chi connectivity index (χ0v) is 18.4. The van der Waals surface area contributed by atoms with Crippen molar-refractivity contribution in [2.24, 2.45) is 0 Å². The number of hydrogen-bond donors (Lipinski definition) is 1. The summed E-state index contributed by atoms with van der Waals surface area (Å²) in [6.07, 6.45) is 1.71. The molecule has 164 valence electrons. The summed E-state index contributed by atoms with van der Waals surface area (Å²) >= 11 is 0. The maximum atomic E-state index is 13.0. The van der Waals surface area contributed by atoms with Crippen molar-refractivity contribution in [1.29, 1.82) is 5.26 Å². The van der Waals surface area contributed by atoms with Crippen LogP contribution < -0.4 is 5.32 Å². The first kappa shape index (κ1) is 21.9. The van der Waals surface area contributed by atoms with E-state index in [9.17, 15) is 13.2 Å². The molecule has 1 N–H and O–H groups in total. The molecule has 8 nitrogen and oxygen atoms in total. The van der Waals surface area contributed by atoms with E-state index in [2.05, 4.69) is 10.3 Å². The molecular weight excluding hydrogens is 426 g/mol. The van der Waals surface area contributed by atoms with Crippen LogP contribution in [0.1, 0.15) is 12.5 Å². The Morgan fingerprint density at radius 1 is 1.16 bits per heavy atom. The van der Waals surface area contributed by atoms with Gasteiger partial charge >= 0.3 is 0 Å². The number of piperazine rings is 1. The van der Waals surface area contributed by atoms with Crippen LogP contribution in [-0.4, -0.2) is 60.7 Å². The molecule has 1 saturated heterocycles. The highest BCUT2D eigenvalue weighted by Crippen LogP contribution is 2.23. The van der Waals surface area contributed by atoms with Gasteiger partial charge in [0.2, 0.25) is 15.9 Å². The predicted molar refractivity (Wildman–Crippen MR) is 121 cm³/mol. The molecule has 2 aromatic carbocycles. The van der Waals surface area contributed by atoms with Crippen molar-refractivity contribution in [3.05, 3.63) is 66.4 Å². The van der Waals surface area contributed by atoms with Crippen LogP contribution in [0.4, 0.5) is 5.69 Å². The first-order valence-electron chi connectivity index (χ1n) is 10.3. The first-order chi connectivity index (χ1) is 15.4. The van der Waals surface area contributed by atoms with Gasteiger partial charge in [0.25, 0.3) is 0 Å². The van der Waals surface area contributed by atoms with E-state index >= 15 is 0 Å². The normalized spacial score (nSPS) is 17.7. The number of amides is 1. The number of pyridine rings is 1. The minimum atomic E-state index is -3.67. The number of rotatable bonds is 5. The number of anilines is 1. The summed E-state index contributed by atoms with van der Waals surface area (Å²) in [5, 5.41) is 12.7. The molecule has 1 aliphatic rings. The van der Waals surface area contributed by atoms with Crippen molar-refractivity contribution in [2.75, 3.05) is 31.5 Å². The number of carbonyl (C=O) groups excluding carboxylic acids is 1. The van der Waals surface area contributed by atoms with E-state index in [-0.39, 0.29) is 29.9 Å².